The third kappa shape index (κ3) is 2.26. The van der Waals surface area contributed by atoms with Crippen molar-refractivity contribution in [1.82, 2.24) is 5.32 Å². The van der Waals surface area contributed by atoms with E-state index in [2.05, 4.69) is 9.73 Å². The molecule has 0 amide bonds. The number of carbonyl (C=O) groups is 1. The number of likely N-dealkylation sites (N-methyl/N-ethyl adjacent to an activating group) is 1. The molecule has 0 unspecified atom stereocenters. The molecule has 3 nitrogen and oxygen atoms in total. The fourth-order valence-electron chi connectivity index (χ4n) is 1.85. The molecule has 1 aromatic heterocycles. The Kier molecular flexibility index (Phi) is 3.43. The number of ketones is 1. The van der Waals surface area contributed by atoms with Crippen molar-refractivity contribution in [2.45, 2.75) is 19.9 Å². The number of rotatable bonds is 4. The summed E-state index contributed by atoms with van der Waals surface area (Å²) >= 11 is 0. The Morgan fingerprint density at radius 3 is 2.78 bits per heavy atom. The molecule has 0 aliphatic rings. The Morgan fingerprint density at radius 2 is 2.11 bits per heavy atom. The molecule has 2 rings (SSSR count). The lowest BCUT2D eigenvalue weighted by Gasteiger charge is -2.11. The molecule has 0 aliphatic heterocycles. The van der Waals surface area contributed by atoms with Crippen molar-refractivity contribution in [3.05, 3.63) is 35.6 Å². The molecule has 5 heteroatoms. The molecule has 0 saturated heterocycles. The van der Waals surface area contributed by atoms with Crippen molar-refractivity contribution in [2.24, 2.45) is 0 Å². The van der Waals surface area contributed by atoms with Crippen LogP contribution in [0, 0.1) is 11.8 Å². The third-order valence-corrected chi connectivity index (χ3v) is 2.74. The van der Waals surface area contributed by atoms with E-state index >= 15 is 0 Å². The molecular formula is C13H13F2NO2. The molecule has 1 N–H and O–H groups in total. The van der Waals surface area contributed by atoms with E-state index in [0.29, 0.717) is 11.9 Å². The van der Waals surface area contributed by atoms with E-state index < -0.39 is 17.9 Å². The monoisotopic (exact) mass is 253 g/mol. The van der Waals surface area contributed by atoms with E-state index in [0.717, 1.165) is 12.1 Å². The predicted octanol–water partition coefficient (Wildman–Crippen LogP) is 2.89. The second kappa shape index (κ2) is 4.86. The Hall–Kier alpha value is -1.75. The van der Waals surface area contributed by atoms with Crippen molar-refractivity contribution >= 4 is 16.8 Å². The fraction of sp³-hybridized carbons (Fsp3) is 0.308. The van der Waals surface area contributed by atoms with Crippen LogP contribution in [0.5, 0.6) is 0 Å². The fourth-order valence-corrected chi connectivity index (χ4v) is 1.85. The maximum absolute atomic E-state index is 13.7. The van der Waals surface area contributed by atoms with Crippen LogP contribution in [-0.2, 0) is 0 Å². The van der Waals surface area contributed by atoms with Crippen molar-refractivity contribution in [1.29, 1.82) is 0 Å². The van der Waals surface area contributed by atoms with Gasteiger partial charge in [-0.2, -0.15) is 4.39 Å². The van der Waals surface area contributed by atoms with Crippen molar-refractivity contribution in [3.8, 4) is 0 Å². The van der Waals surface area contributed by atoms with Crippen LogP contribution in [-0.4, -0.2) is 18.4 Å². The van der Waals surface area contributed by atoms with Crippen LogP contribution >= 0.6 is 0 Å². The van der Waals surface area contributed by atoms with Crippen LogP contribution in [0.3, 0.4) is 0 Å². The predicted molar refractivity (Wildman–Crippen MR) is 63.6 cm³/mol. The topological polar surface area (TPSA) is 42.2 Å². The van der Waals surface area contributed by atoms with Crippen molar-refractivity contribution < 1.29 is 18.0 Å². The standard InChI is InChI=1S/C13H13F2NO2/c1-3-16-7(2)13(17)9-4-8-5-12(15)18-11(8)6-10(9)14/h4-7,16H,3H2,1-2H3/t7-/m0/s1. The van der Waals surface area contributed by atoms with Gasteiger partial charge in [-0.25, -0.2) is 4.39 Å². The molecule has 18 heavy (non-hydrogen) atoms. The number of benzene rings is 1. The lowest BCUT2D eigenvalue weighted by molar-refractivity contribution is 0.0948. The quantitative estimate of drug-likeness (QED) is 0.852. The average Bonchev–Trinajstić information content (AvgIpc) is 2.66. The largest absolute Gasteiger partial charge is 0.431 e. The minimum Gasteiger partial charge on any atom is -0.431 e. The lowest BCUT2D eigenvalue weighted by atomic mass is 10.0. The number of hydrogen-bond donors (Lipinski definition) is 1. The molecule has 0 fully saturated rings. The number of hydrogen-bond acceptors (Lipinski definition) is 3. The number of furan rings is 1. The van der Waals surface area contributed by atoms with Gasteiger partial charge in [0.2, 0.25) is 0 Å². The van der Waals surface area contributed by atoms with Gasteiger partial charge in [0.15, 0.2) is 5.78 Å². The maximum Gasteiger partial charge on any atom is 0.278 e. The normalized spacial score (nSPS) is 12.9. The summed E-state index contributed by atoms with van der Waals surface area (Å²) in [6, 6.07) is 2.19. The van der Waals surface area contributed by atoms with E-state index in [9.17, 15) is 13.6 Å². The summed E-state index contributed by atoms with van der Waals surface area (Å²) < 4.78 is 31.3. The SMILES string of the molecule is CCN[C@@H](C)C(=O)c1cc2cc(F)oc2cc1F. The molecule has 1 atom stereocenters. The zero-order valence-corrected chi connectivity index (χ0v) is 10.1. The van der Waals surface area contributed by atoms with Gasteiger partial charge in [-0.15, -0.1) is 0 Å². The molecule has 1 heterocycles. The summed E-state index contributed by atoms with van der Waals surface area (Å²) in [7, 11) is 0. The minimum atomic E-state index is -0.797. The first kappa shape index (κ1) is 12.7. The number of carbonyl (C=O) groups excluding carboxylic acids is 1. The maximum atomic E-state index is 13.7. The zero-order valence-electron chi connectivity index (χ0n) is 10.1. The smallest absolute Gasteiger partial charge is 0.278 e. The van der Waals surface area contributed by atoms with Crippen LogP contribution in [0.15, 0.2) is 22.6 Å². The van der Waals surface area contributed by atoms with Gasteiger partial charge in [-0.1, -0.05) is 6.92 Å². The van der Waals surface area contributed by atoms with E-state index in [4.69, 9.17) is 0 Å². The Bertz CT molecular complexity index is 592. The second-order valence-electron chi connectivity index (χ2n) is 4.06. The van der Waals surface area contributed by atoms with Crippen LogP contribution in [0.1, 0.15) is 24.2 Å². The van der Waals surface area contributed by atoms with E-state index in [1.165, 1.54) is 6.07 Å². The summed E-state index contributed by atoms with van der Waals surface area (Å²) in [5, 5.41) is 3.29. The number of Topliss-reactive ketones (excluding diaryl/α,β-unsaturated/α-hetero) is 1. The third-order valence-electron chi connectivity index (χ3n) is 2.74. The first-order valence-electron chi connectivity index (χ1n) is 5.69. The van der Waals surface area contributed by atoms with Gasteiger partial charge in [0.25, 0.3) is 6.01 Å². The highest BCUT2D eigenvalue weighted by Crippen LogP contribution is 2.23. The minimum absolute atomic E-state index is 0.0586. The highest BCUT2D eigenvalue weighted by atomic mass is 19.1. The first-order chi connectivity index (χ1) is 8.52. The van der Waals surface area contributed by atoms with Gasteiger partial charge in [0.1, 0.15) is 11.4 Å². The average molecular weight is 253 g/mol. The highest BCUT2D eigenvalue weighted by Gasteiger charge is 2.19. The second-order valence-corrected chi connectivity index (χ2v) is 4.06. The summed E-state index contributed by atoms with van der Waals surface area (Å²) in [6.45, 7) is 4.12. The van der Waals surface area contributed by atoms with E-state index in [1.54, 1.807) is 6.92 Å². The molecule has 0 saturated carbocycles. The summed E-state index contributed by atoms with van der Waals surface area (Å²) in [4.78, 5) is 12.0. The molecule has 0 spiro atoms. The number of fused-ring (bicyclic) bond motifs is 1. The summed E-state index contributed by atoms with van der Waals surface area (Å²) in [5.74, 6) is -1.07. The molecule has 2 aromatic rings. The van der Waals surface area contributed by atoms with Crippen molar-refractivity contribution in [3.63, 3.8) is 0 Å². The first-order valence-corrected chi connectivity index (χ1v) is 5.69. The summed E-state index contributed by atoms with van der Waals surface area (Å²) in [5.41, 5.74) is 0.0365. The molecule has 0 bridgehead atoms. The van der Waals surface area contributed by atoms with Gasteiger partial charge in [0, 0.05) is 17.5 Å². The van der Waals surface area contributed by atoms with E-state index in [-0.39, 0.29) is 16.9 Å². The van der Waals surface area contributed by atoms with E-state index in [1.807, 2.05) is 6.92 Å². The summed E-state index contributed by atoms with van der Waals surface area (Å²) in [6.07, 6.45) is 0. The molecular weight excluding hydrogens is 240 g/mol. The Balaban J connectivity index is 2.43. The van der Waals surface area contributed by atoms with Gasteiger partial charge < -0.3 is 9.73 Å². The van der Waals surface area contributed by atoms with Crippen molar-refractivity contribution in [2.75, 3.05) is 6.54 Å². The Morgan fingerprint density at radius 1 is 1.39 bits per heavy atom. The number of halogens is 2. The Labute approximate surface area is 103 Å². The van der Waals surface area contributed by atoms with Gasteiger partial charge in [-0.3, -0.25) is 4.79 Å². The highest BCUT2D eigenvalue weighted by molar-refractivity contribution is 6.02. The lowest BCUT2D eigenvalue weighted by Crippen LogP contribution is -2.34. The van der Waals surface area contributed by atoms with Crippen LogP contribution in [0.25, 0.3) is 11.0 Å². The molecule has 96 valence electrons. The number of nitrogens with one attached hydrogen (secondary N) is 1. The molecule has 1 aromatic carbocycles. The zero-order chi connectivity index (χ0) is 13.3. The van der Waals surface area contributed by atoms with Gasteiger partial charge in [-0.05, 0) is 19.5 Å². The van der Waals surface area contributed by atoms with Gasteiger partial charge in [0.05, 0.1) is 11.6 Å². The van der Waals surface area contributed by atoms with Gasteiger partial charge >= 0.3 is 0 Å². The molecule has 0 aliphatic carbocycles. The van der Waals surface area contributed by atoms with Crippen LogP contribution < -0.4 is 5.32 Å². The van der Waals surface area contributed by atoms with Crippen LogP contribution in [0.2, 0.25) is 0 Å². The van der Waals surface area contributed by atoms with Crippen LogP contribution in [0.4, 0.5) is 8.78 Å². The molecule has 0 radical (unpaired) electrons.